The van der Waals surface area contributed by atoms with Gasteiger partial charge in [-0.05, 0) is 18.6 Å². The molecule has 0 aromatic heterocycles. The van der Waals surface area contributed by atoms with Gasteiger partial charge in [0.05, 0.1) is 17.1 Å². The summed E-state index contributed by atoms with van der Waals surface area (Å²) in [5.74, 6) is -0.978. The van der Waals surface area contributed by atoms with Gasteiger partial charge in [-0.15, -0.1) is 0 Å². The third-order valence-electron chi connectivity index (χ3n) is 2.28. The summed E-state index contributed by atoms with van der Waals surface area (Å²) < 4.78 is 41.3. The third kappa shape index (κ3) is 4.10. The molecule has 0 radical (unpaired) electrons. The molecule has 1 aromatic rings. The molecule has 0 aliphatic rings. The van der Waals surface area contributed by atoms with Gasteiger partial charge in [0.25, 0.3) is 0 Å². The van der Waals surface area contributed by atoms with Gasteiger partial charge in [0.2, 0.25) is 0 Å². The van der Waals surface area contributed by atoms with Crippen LogP contribution in [-0.2, 0) is 9.84 Å². The summed E-state index contributed by atoms with van der Waals surface area (Å²) in [6.07, 6.45) is 1.00. The number of para-hydroxylation sites is 1. The number of halogens is 1. The summed E-state index contributed by atoms with van der Waals surface area (Å²) in [6, 6.07) is 3.95. The number of carbonyl (C=O) groups is 1. The fraction of sp³-hybridized carbons (Fsp3) is 0.417. The molecule has 4 nitrogen and oxygen atoms in total. The van der Waals surface area contributed by atoms with Crippen LogP contribution >= 0.6 is 0 Å². The zero-order chi connectivity index (χ0) is 13.6. The number of rotatable bonds is 7. The van der Waals surface area contributed by atoms with Crippen molar-refractivity contribution < 1.29 is 22.3 Å². The Morgan fingerprint density at radius 1 is 1.33 bits per heavy atom. The van der Waals surface area contributed by atoms with E-state index >= 15 is 0 Å². The van der Waals surface area contributed by atoms with Crippen molar-refractivity contribution in [1.82, 2.24) is 0 Å². The average molecular weight is 274 g/mol. The number of hydrogen-bond donors (Lipinski definition) is 0. The van der Waals surface area contributed by atoms with E-state index in [-0.39, 0.29) is 29.4 Å². The molecule has 6 heteroatoms. The van der Waals surface area contributed by atoms with E-state index in [4.69, 9.17) is 4.74 Å². The second-order valence-corrected chi connectivity index (χ2v) is 6.08. The molecule has 0 aliphatic carbocycles. The predicted octanol–water partition coefficient (Wildman–Crippen LogP) is 1.84. The smallest absolute Gasteiger partial charge is 0.165 e. The molecule has 0 N–H and O–H groups in total. The minimum Gasteiger partial charge on any atom is -0.489 e. The Bertz CT molecular complexity index is 511. The van der Waals surface area contributed by atoms with Crippen LogP contribution in [0.2, 0.25) is 0 Å². The summed E-state index contributed by atoms with van der Waals surface area (Å²) in [6.45, 7) is 1.60. The molecule has 0 fully saturated rings. The molecule has 0 aliphatic heterocycles. The lowest BCUT2D eigenvalue weighted by molar-refractivity contribution is 0.111. The van der Waals surface area contributed by atoms with Crippen molar-refractivity contribution in [2.24, 2.45) is 0 Å². The van der Waals surface area contributed by atoms with E-state index in [2.05, 4.69) is 0 Å². The highest BCUT2D eigenvalue weighted by molar-refractivity contribution is 7.91. The Morgan fingerprint density at radius 3 is 2.67 bits per heavy atom. The summed E-state index contributed by atoms with van der Waals surface area (Å²) in [7, 11) is -3.17. The molecule has 18 heavy (non-hydrogen) atoms. The number of carbonyl (C=O) groups excluding carboxylic acids is 1. The lowest BCUT2D eigenvalue weighted by Crippen LogP contribution is -2.17. The molecule has 0 heterocycles. The van der Waals surface area contributed by atoms with E-state index in [0.717, 1.165) is 6.07 Å². The van der Waals surface area contributed by atoms with E-state index in [1.807, 2.05) is 0 Å². The fourth-order valence-corrected chi connectivity index (χ4v) is 2.62. The molecule has 1 rings (SSSR count). The number of aldehydes is 1. The lowest BCUT2D eigenvalue weighted by Gasteiger charge is -2.09. The van der Waals surface area contributed by atoms with Crippen LogP contribution in [-0.4, -0.2) is 32.8 Å². The Hall–Kier alpha value is -1.43. The molecule has 0 unspecified atom stereocenters. The maximum atomic E-state index is 13.4. The van der Waals surface area contributed by atoms with E-state index in [1.54, 1.807) is 6.92 Å². The molecular weight excluding hydrogens is 259 g/mol. The highest BCUT2D eigenvalue weighted by Gasteiger charge is 2.13. The van der Waals surface area contributed by atoms with Crippen molar-refractivity contribution in [3.05, 3.63) is 29.6 Å². The fourth-order valence-electron chi connectivity index (χ4n) is 1.45. The van der Waals surface area contributed by atoms with E-state index in [1.165, 1.54) is 12.1 Å². The predicted molar refractivity (Wildman–Crippen MR) is 66.2 cm³/mol. The molecule has 0 spiro atoms. The van der Waals surface area contributed by atoms with Crippen molar-refractivity contribution in [3.63, 3.8) is 0 Å². The summed E-state index contributed by atoms with van der Waals surface area (Å²) in [4.78, 5) is 10.7. The van der Waals surface area contributed by atoms with E-state index in [0.29, 0.717) is 12.7 Å². The van der Waals surface area contributed by atoms with Gasteiger partial charge >= 0.3 is 0 Å². The van der Waals surface area contributed by atoms with Gasteiger partial charge in [0.1, 0.15) is 6.61 Å². The quantitative estimate of drug-likeness (QED) is 0.712. The van der Waals surface area contributed by atoms with Crippen molar-refractivity contribution in [1.29, 1.82) is 0 Å². The number of hydrogen-bond acceptors (Lipinski definition) is 4. The molecule has 0 bridgehead atoms. The van der Waals surface area contributed by atoms with Crippen molar-refractivity contribution >= 4 is 16.1 Å². The average Bonchev–Trinajstić information content (AvgIpc) is 2.30. The van der Waals surface area contributed by atoms with Gasteiger partial charge in [-0.25, -0.2) is 12.8 Å². The second-order valence-electron chi connectivity index (χ2n) is 3.78. The summed E-state index contributed by atoms with van der Waals surface area (Å²) in [5.41, 5.74) is 0.0721. The molecule has 1 aromatic carbocycles. The standard InChI is InChI=1S/C12H15FO4S/c1-2-7-18(15,16)8-6-17-12-10(9-14)4-3-5-11(12)13/h3-5,9H,2,6-8H2,1H3. The van der Waals surface area contributed by atoms with Crippen molar-refractivity contribution in [3.8, 4) is 5.75 Å². The highest BCUT2D eigenvalue weighted by atomic mass is 32.2. The van der Waals surface area contributed by atoms with Gasteiger partial charge < -0.3 is 4.74 Å². The lowest BCUT2D eigenvalue weighted by atomic mass is 10.2. The monoisotopic (exact) mass is 274 g/mol. The van der Waals surface area contributed by atoms with Crippen molar-refractivity contribution in [2.45, 2.75) is 13.3 Å². The topological polar surface area (TPSA) is 60.4 Å². The maximum absolute atomic E-state index is 13.4. The Balaban J connectivity index is 2.67. The third-order valence-corrected chi connectivity index (χ3v) is 4.10. The van der Waals surface area contributed by atoms with Gasteiger partial charge in [-0.3, -0.25) is 4.79 Å². The highest BCUT2D eigenvalue weighted by Crippen LogP contribution is 2.20. The maximum Gasteiger partial charge on any atom is 0.165 e. The van der Waals surface area contributed by atoms with Crippen molar-refractivity contribution in [2.75, 3.05) is 18.1 Å². The number of ether oxygens (including phenoxy) is 1. The van der Waals surface area contributed by atoms with Crippen LogP contribution in [0.15, 0.2) is 18.2 Å². The first-order chi connectivity index (χ1) is 8.50. The molecule has 0 saturated carbocycles. The van der Waals surface area contributed by atoms with E-state index < -0.39 is 15.7 Å². The van der Waals surface area contributed by atoms with Crippen LogP contribution in [0, 0.1) is 5.82 Å². The summed E-state index contributed by atoms with van der Waals surface area (Å²) in [5, 5.41) is 0. The minimum absolute atomic E-state index is 0.0721. The van der Waals surface area contributed by atoms with Gasteiger partial charge in [-0.1, -0.05) is 13.0 Å². The van der Waals surface area contributed by atoms with E-state index in [9.17, 15) is 17.6 Å². The zero-order valence-corrected chi connectivity index (χ0v) is 10.9. The van der Waals surface area contributed by atoms with Gasteiger partial charge in [0, 0.05) is 0 Å². The molecule has 0 amide bonds. The molecule has 0 saturated heterocycles. The van der Waals surface area contributed by atoms with Crippen LogP contribution in [0.4, 0.5) is 4.39 Å². The number of benzene rings is 1. The molecule has 100 valence electrons. The second kappa shape index (κ2) is 6.49. The van der Waals surface area contributed by atoms with Crippen LogP contribution in [0.5, 0.6) is 5.75 Å². The summed E-state index contributed by atoms with van der Waals surface area (Å²) >= 11 is 0. The van der Waals surface area contributed by atoms with Crippen LogP contribution in [0.25, 0.3) is 0 Å². The van der Waals surface area contributed by atoms with Crippen LogP contribution < -0.4 is 4.74 Å². The van der Waals surface area contributed by atoms with Crippen LogP contribution in [0.3, 0.4) is 0 Å². The SMILES string of the molecule is CCCS(=O)(=O)CCOc1c(F)cccc1C=O. The zero-order valence-electron chi connectivity index (χ0n) is 10.1. The van der Waals surface area contributed by atoms with Crippen LogP contribution in [0.1, 0.15) is 23.7 Å². The Kier molecular flexibility index (Phi) is 5.27. The first kappa shape index (κ1) is 14.6. The largest absolute Gasteiger partial charge is 0.489 e. The molecular formula is C12H15FO4S. The first-order valence-corrected chi connectivity index (χ1v) is 7.39. The minimum atomic E-state index is -3.17. The Morgan fingerprint density at radius 2 is 2.06 bits per heavy atom. The Labute approximate surface area is 106 Å². The number of sulfone groups is 1. The van der Waals surface area contributed by atoms with Gasteiger partial charge in [0.15, 0.2) is 27.7 Å². The molecule has 0 atom stereocenters. The first-order valence-electron chi connectivity index (χ1n) is 5.57. The normalized spacial score (nSPS) is 11.2. The van der Waals surface area contributed by atoms with Gasteiger partial charge in [-0.2, -0.15) is 0 Å².